The van der Waals surface area contributed by atoms with Gasteiger partial charge in [-0.2, -0.15) is 0 Å². The SMILES string of the molecule is CC(C)n1c(SCC(=O)Cc2ccccc2F)n[nH]c1=O. The standard InChI is InChI=1S/C14H16FN3O2S/c1-9(2)18-13(20)16-17-14(18)21-8-11(19)7-10-5-3-4-6-12(10)15/h3-6,9H,7-8H2,1-2H3,(H,16,20). The lowest BCUT2D eigenvalue weighted by molar-refractivity contribution is -0.116. The number of nitrogens with one attached hydrogen (secondary N) is 1. The van der Waals surface area contributed by atoms with Gasteiger partial charge in [0.15, 0.2) is 5.16 Å². The summed E-state index contributed by atoms with van der Waals surface area (Å²) in [6, 6.07) is 6.17. The Morgan fingerprint density at radius 1 is 1.43 bits per heavy atom. The predicted octanol–water partition coefficient (Wildman–Crippen LogP) is 2.20. The summed E-state index contributed by atoms with van der Waals surface area (Å²) in [5.74, 6) is -0.351. The minimum absolute atomic E-state index is 0.0377. The third kappa shape index (κ3) is 3.81. The minimum atomic E-state index is -0.380. The molecule has 1 aromatic heterocycles. The van der Waals surface area contributed by atoms with Crippen LogP contribution in [0.15, 0.2) is 34.2 Å². The molecular weight excluding hydrogens is 293 g/mol. The number of Topliss-reactive ketones (excluding diaryl/α,β-unsaturated/α-hetero) is 1. The Hall–Kier alpha value is -1.89. The summed E-state index contributed by atoms with van der Waals surface area (Å²) in [7, 11) is 0. The highest BCUT2D eigenvalue weighted by atomic mass is 32.2. The lowest BCUT2D eigenvalue weighted by atomic mass is 10.1. The molecule has 0 atom stereocenters. The number of benzene rings is 1. The van der Waals surface area contributed by atoms with Crippen molar-refractivity contribution in [3.63, 3.8) is 0 Å². The Morgan fingerprint density at radius 2 is 2.14 bits per heavy atom. The monoisotopic (exact) mass is 309 g/mol. The van der Waals surface area contributed by atoms with E-state index in [1.54, 1.807) is 18.2 Å². The third-order valence-electron chi connectivity index (χ3n) is 2.90. The van der Waals surface area contributed by atoms with Crippen molar-refractivity contribution < 1.29 is 9.18 Å². The van der Waals surface area contributed by atoms with Crippen molar-refractivity contribution in [2.45, 2.75) is 31.5 Å². The Kier molecular flexibility index (Phi) is 4.95. The zero-order valence-corrected chi connectivity index (χ0v) is 12.6. The smallest absolute Gasteiger partial charge is 0.298 e. The second-order valence-electron chi connectivity index (χ2n) is 4.87. The molecule has 0 amide bonds. The van der Waals surface area contributed by atoms with Crippen molar-refractivity contribution >= 4 is 17.5 Å². The van der Waals surface area contributed by atoms with Gasteiger partial charge in [0.1, 0.15) is 11.6 Å². The minimum Gasteiger partial charge on any atom is -0.298 e. The molecule has 0 spiro atoms. The van der Waals surface area contributed by atoms with E-state index in [1.165, 1.54) is 22.4 Å². The average Bonchev–Trinajstić information content (AvgIpc) is 2.80. The molecule has 21 heavy (non-hydrogen) atoms. The number of aromatic nitrogens is 3. The van der Waals surface area contributed by atoms with E-state index in [2.05, 4.69) is 10.2 Å². The molecule has 0 unspecified atom stereocenters. The van der Waals surface area contributed by atoms with Gasteiger partial charge in [-0.3, -0.25) is 9.36 Å². The molecule has 7 heteroatoms. The van der Waals surface area contributed by atoms with E-state index < -0.39 is 0 Å². The number of H-pyrrole nitrogens is 1. The molecule has 0 fully saturated rings. The molecule has 1 aromatic carbocycles. The van der Waals surface area contributed by atoms with Crippen LogP contribution in [0.4, 0.5) is 4.39 Å². The van der Waals surface area contributed by atoms with Gasteiger partial charge in [0.25, 0.3) is 0 Å². The summed E-state index contributed by atoms with van der Waals surface area (Å²) < 4.78 is 15.0. The number of rotatable bonds is 6. The molecule has 0 radical (unpaired) electrons. The van der Waals surface area contributed by atoms with E-state index in [9.17, 15) is 14.0 Å². The maximum Gasteiger partial charge on any atom is 0.344 e. The molecule has 0 aliphatic carbocycles. The third-order valence-corrected chi connectivity index (χ3v) is 3.91. The topological polar surface area (TPSA) is 67.8 Å². The van der Waals surface area contributed by atoms with Crippen LogP contribution in [0.1, 0.15) is 25.5 Å². The lowest BCUT2D eigenvalue weighted by Crippen LogP contribution is -2.19. The molecule has 112 valence electrons. The van der Waals surface area contributed by atoms with Gasteiger partial charge in [-0.15, -0.1) is 5.10 Å². The second-order valence-corrected chi connectivity index (χ2v) is 5.81. The summed E-state index contributed by atoms with van der Waals surface area (Å²) in [4.78, 5) is 23.5. The predicted molar refractivity (Wildman–Crippen MR) is 79.1 cm³/mol. The largest absolute Gasteiger partial charge is 0.344 e. The number of thioether (sulfide) groups is 1. The van der Waals surface area contributed by atoms with Gasteiger partial charge in [-0.1, -0.05) is 30.0 Å². The Morgan fingerprint density at radius 3 is 2.81 bits per heavy atom. The number of carbonyl (C=O) groups is 1. The molecule has 0 saturated carbocycles. The Labute approximate surface area is 125 Å². The number of hydrogen-bond donors (Lipinski definition) is 1. The number of nitrogens with zero attached hydrogens (tertiary/aromatic N) is 2. The molecule has 5 nitrogen and oxygen atoms in total. The van der Waals surface area contributed by atoms with Crippen LogP contribution in [0.25, 0.3) is 0 Å². The van der Waals surface area contributed by atoms with Crippen LogP contribution in [-0.2, 0) is 11.2 Å². The molecule has 0 saturated heterocycles. The highest BCUT2D eigenvalue weighted by molar-refractivity contribution is 7.99. The van der Waals surface area contributed by atoms with Crippen LogP contribution in [0.3, 0.4) is 0 Å². The average molecular weight is 309 g/mol. The van der Waals surface area contributed by atoms with Crippen molar-refractivity contribution in [1.29, 1.82) is 0 Å². The summed E-state index contributed by atoms with van der Waals surface area (Å²) in [5, 5.41) is 6.73. The molecule has 2 rings (SSSR count). The fourth-order valence-corrected chi connectivity index (χ4v) is 2.83. The maximum atomic E-state index is 13.5. The zero-order valence-electron chi connectivity index (χ0n) is 11.8. The van der Waals surface area contributed by atoms with Crippen molar-refractivity contribution in [2.24, 2.45) is 0 Å². The number of aromatic amines is 1. The Bertz CT molecular complexity index is 694. The fourth-order valence-electron chi connectivity index (χ4n) is 1.90. The first-order chi connectivity index (χ1) is 9.99. The fraction of sp³-hybridized carbons (Fsp3) is 0.357. The summed E-state index contributed by atoms with van der Waals surface area (Å²) >= 11 is 1.18. The number of carbonyl (C=O) groups excluding carboxylic acids is 1. The number of halogens is 1. The first-order valence-electron chi connectivity index (χ1n) is 6.54. The second kappa shape index (κ2) is 6.71. The van der Waals surface area contributed by atoms with Gasteiger partial charge in [-0.25, -0.2) is 14.3 Å². The molecular formula is C14H16FN3O2S. The quantitative estimate of drug-likeness (QED) is 0.831. The lowest BCUT2D eigenvalue weighted by Gasteiger charge is -2.08. The highest BCUT2D eigenvalue weighted by Gasteiger charge is 2.14. The van der Waals surface area contributed by atoms with Gasteiger partial charge in [0.2, 0.25) is 0 Å². The number of hydrogen-bond acceptors (Lipinski definition) is 4. The van der Waals surface area contributed by atoms with Crippen molar-refractivity contribution in [1.82, 2.24) is 14.8 Å². The van der Waals surface area contributed by atoms with E-state index in [-0.39, 0.29) is 35.5 Å². The van der Waals surface area contributed by atoms with Gasteiger partial charge in [-0.05, 0) is 25.5 Å². The van der Waals surface area contributed by atoms with Gasteiger partial charge in [0, 0.05) is 12.5 Å². The van der Waals surface area contributed by atoms with Crippen molar-refractivity contribution in [3.05, 3.63) is 46.1 Å². The van der Waals surface area contributed by atoms with Crippen LogP contribution in [0.2, 0.25) is 0 Å². The van der Waals surface area contributed by atoms with E-state index >= 15 is 0 Å². The zero-order chi connectivity index (χ0) is 15.4. The van der Waals surface area contributed by atoms with Crippen LogP contribution in [-0.4, -0.2) is 26.3 Å². The first kappa shape index (κ1) is 15.5. The summed E-state index contributed by atoms with van der Waals surface area (Å²) in [5.41, 5.74) is 0.0837. The molecule has 1 heterocycles. The number of ketones is 1. The molecule has 0 aliphatic heterocycles. The van der Waals surface area contributed by atoms with Crippen molar-refractivity contribution in [2.75, 3.05) is 5.75 Å². The van der Waals surface area contributed by atoms with Gasteiger partial charge < -0.3 is 0 Å². The highest BCUT2D eigenvalue weighted by Crippen LogP contribution is 2.18. The van der Waals surface area contributed by atoms with Gasteiger partial charge >= 0.3 is 5.69 Å². The van der Waals surface area contributed by atoms with Crippen molar-refractivity contribution in [3.8, 4) is 0 Å². The van der Waals surface area contributed by atoms with Crippen LogP contribution in [0.5, 0.6) is 0 Å². The normalized spacial score (nSPS) is 11.0. The molecule has 2 aromatic rings. The Balaban J connectivity index is 1.99. The van der Waals surface area contributed by atoms with Crippen LogP contribution < -0.4 is 5.69 Å². The first-order valence-corrected chi connectivity index (χ1v) is 7.52. The van der Waals surface area contributed by atoms with E-state index in [0.29, 0.717) is 10.7 Å². The summed E-state index contributed by atoms with van der Waals surface area (Å²) in [6.45, 7) is 3.73. The molecule has 1 N–H and O–H groups in total. The maximum absolute atomic E-state index is 13.5. The van der Waals surface area contributed by atoms with Crippen LogP contribution >= 0.6 is 11.8 Å². The van der Waals surface area contributed by atoms with E-state index in [0.717, 1.165) is 0 Å². The molecule has 0 bridgehead atoms. The van der Waals surface area contributed by atoms with Crippen LogP contribution in [0, 0.1) is 5.82 Å². The van der Waals surface area contributed by atoms with E-state index in [4.69, 9.17) is 0 Å². The van der Waals surface area contributed by atoms with Gasteiger partial charge in [0.05, 0.1) is 5.75 Å². The molecule has 0 aliphatic rings. The van der Waals surface area contributed by atoms with E-state index in [1.807, 2.05) is 13.8 Å². The summed E-state index contributed by atoms with van der Waals surface area (Å²) in [6.07, 6.45) is 0.0377.